The fraction of sp³-hybridized carbons (Fsp3) is 0.390. The van der Waals surface area contributed by atoms with Crippen LogP contribution in [-0.2, 0) is 33.1 Å². The number of hydrogen-bond donors (Lipinski definition) is 2. The van der Waals surface area contributed by atoms with E-state index in [2.05, 4.69) is 10.3 Å². The smallest absolute Gasteiger partial charge is 0.264 e. The molecule has 3 amide bonds. The van der Waals surface area contributed by atoms with Gasteiger partial charge in [-0.05, 0) is 73.6 Å². The predicted octanol–water partition coefficient (Wildman–Crippen LogP) is 5.45. The standard InChI is InChI=1S/C41H46N6O5/c1-29(12-5-8-21-44-27-36(42-43-44)34(28-48)31-14-3-2-4-15-31)41(52)35-25-33(46-23-10-7-18-39(46)50)19-20-37(35)47(40(41)51)26-30-13-11-16-32(24-30)45-22-9-6-17-38(45)49/h2-5,11-16,19-20,24-25,27,29,34,48,52H,6-10,17-18,21-23,26,28H2,1H3/b12-5+/t29-,34?,41+/m1/s1. The summed E-state index contributed by atoms with van der Waals surface area (Å²) < 4.78 is 1.73. The summed E-state index contributed by atoms with van der Waals surface area (Å²) in [5, 5.41) is 31.1. The van der Waals surface area contributed by atoms with E-state index in [9.17, 15) is 24.6 Å². The summed E-state index contributed by atoms with van der Waals surface area (Å²) in [7, 11) is 0. The van der Waals surface area contributed by atoms with Crippen molar-refractivity contribution in [3.8, 4) is 0 Å². The number of nitrogens with zero attached hydrogens (tertiary/aromatic N) is 6. The number of fused-ring (bicyclic) bond motifs is 1. The quantitative estimate of drug-likeness (QED) is 0.188. The van der Waals surface area contributed by atoms with Gasteiger partial charge < -0.3 is 24.9 Å². The van der Waals surface area contributed by atoms with Gasteiger partial charge in [-0.1, -0.05) is 66.8 Å². The van der Waals surface area contributed by atoms with Crippen LogP contribution >= 0.6 is 0 Å². The van der Waals surface area contributed by atoms with Crippen LogP contribution in [0, 0.1) is 5.92 Å². The SMILES string of the molecule is C[C@H](/C=C/CCn1cc(C(CO)c2ccccc2)nn1)[C@@]1(O)C(=O)N(Cc2cccc(N3CCCCC3=O)c2)c2ccc(N3CCCCC3=O)cc21. The molecule has 0 bridgehead atoms. The maximum absolute atomic E-state index is 14.4. The maximum Gasteiger partial charge on any atom is 0.264 e. The molecule has 0 saturated carbocycles. The lowest BCUT2D eigenvalue weighted by Gasteiger charge is -2.30. The van der Waals surface area contributed by atoms with Gasteiger partial charge in [0, 0.05) is 61.5 Å². The first-order valence-corrected chi connectivity index (χ1v) is 18.4. The van der Waals surface area contributed by atoms with Gasteiger partial charge in [0.1, 0.15) is 0 Å². The van der Waals surface area contributed by atoms with E-state index in [-0.39, 0.29) is 30.9 Å². The normalized spacial score (nSPS) is 20.5. The molecule has 2 N–H and O–H groups in total. The molecular weight excluding hydrogens is 656 g/mol. The molecule has 11 heteroatoms. The molecule has 2 fully saturated rings. The summed E-state index contributed by atoms with van der Waals surface area (Å²) in [4.78, 5) is 45.2. The Hall–Kier alpha value is -5.13. The van der Waals surface area contributed by atoms with E-state index in [0.717, 1.165) is 42.5 Å². The number of anilines is 3. The zero-order valence-corrected chi connectivity index (χ0v) is 29.6. The highest BCUT2D eigenvalue weighted by Crippen LogP contribution is 2.47. The summed E-state index contributed by atoms with van der Waals surface area (Å²) in [5.41, 5.74) is 3.20. The molecule has 2 saturated heterocycles. The Morgan fingerprint density at radius 2 is 1.58 bits per heavy atom. The predicted molar refractivity (Wildman–Crippen MR) is 199 cm³/mol. The Morgan fingerprint density at radius 1 is 0.865 bits per heavy atom. The van der Waals surface area contributed by atoms with Crippen LogP contribution in [0.25, 0.3) is 0 Å². The van der Waals surface area contributed by atoms with Crippen molar-refractivity contribution in [3.05, 3.63) is 114 Å². The number of rotatable bonds is 12. The van der Waals surface area contributed by atoms with Crippen LogP contribution in [-0.4, -0.2) is 62.6 Å². The molecule has 4 aromatic rings. The van der Waals surface area contributed by atoms with Crippen LogP contribution in [0.5, 0.6) is 0 Å². The molecule has 0 radical (unpaired) electrons. The molecular formula is C41H46N6O5. The summed E-state index contributed by atoms with van der Waals surface area (Å²) >= 11 is 0. The molecule has 3 aromatic carbocycles. The summed E-state index contributed by atoms with van der Waals surface area (Å²) in [6, 6.07) is 22.9. The Labute approximate surface area is 304 Å². The molecule has 3 aliphatic rings. The van der Waals surface area contributed by atoms with Gasteiger partial charge in [0.25, 0.3) is 5.91 Å². The van der Waals surface area contributed by atoms with Gasteiger partial charge in [-0.2, -0.15) is 0 Å². The van der Waals surface area contributed by atoms with Crippen LogP contribution in [0.2, 0.25) is 0 Å². The van der Waals surface area contributed by atoms with Crippen molar-refractivity contribution in [1.29, 1.82) is 0 Å². The second-order valence-electron chi connectivity index (χ2n) is 14.1. The van der Waals surface area contributed by atoms with Gasteiger partial charge in [-0.25, -0.2) is 0 Å². The first kappa shape index (κ1) is 35.3. The number of aliphatic hydroxyl groups is 2. The minimum Gasteiger partial charge on any atom is -0.395 e. The fourth-order valence-corrected chi connectivity index (χ4v) is 7.71. The fourth-order valence-electron chi connectivity index (χ4n) is 7.71. The van der Waals surface area contributed by atoms with Crippen LogP contribution < -0.4 is 14.7 Å². The van der Waals surface area contributed by atoms with Gasteiger partial charge >= 0.3 is 0 Å². The van der Waals surface area contributed by atoms with Crippen molar-refractivity contribution in [2.45, 2.75) is 76.5 Å². The van der Waals surface area contributed by atoms with Crippen LogP contribution in [0.15, 0.2) is 91.1 Å². The number of hydrogen-bond acceptors (Lipinski definition) is 7. The number of aliphatic hydroxyl groups excluding tert-OH is 1. The molecule has 11 nitrogen and oxygen atoms in total. The summed E-state index contributed by atoms with van der Waals surface area (Å²) in [6.07, 6.45) is 10.8. The minimum absolute atomic E-state index is 0.0401. The van der Waals surface area contributed by atoms with Gasteiger partial charge in [-0.3, -0.25) is 19.1 Å². The number of allylic oxidation sites excluding steroid dienone is 1. The van der Waals surface area contributed by atoms with Crippen molar-refractivity contribution in [3.63, 3.8) is 0 Å². The number of benzene rings is 3. The van der Waals surface area contributed by atoms with E-state index in [0.29, 0.717) is 61.5 Å². The van der Waals surface area contributed by atoms with Crippen LogP contribution in [0.4, 0.5) is 17.1 Å². The average molecular weight is 703 g/mol. The van der Waals surface area contributed by atoms with Crippen LogP contribution in [0.1, 0.15) is 80.2 Å². The van der Waals surface area contributed by atoms with E-state index in [1.165, 1.54) is 0 Å². The van der Waals surface area contributed by atoms with E-state index in [4.69, 9.17) is 0 Å². The maximum atomic E-state index is 14.4. The van der Waals surface area contributed by atoms with Gasteiger partial charge in [0.2, 0.25) is 11.8 Å². The van der Waals surface area contributed by atoms with E-state index < -0.39 is 17.4 Å². The molecule has 3 atom stereocenters. The molecule has 4 heterocycles. The Bertz CT molecular complexity index is 1960. The number of amides is 3. The third-order valence-corrected chi connectivity index (χ3v) is 10.7. The molecule has 1 aromatic heterocycles. The highest BCUT2D eigenvalue weighted by molar-refractivity contribution is 6.08. The Kier molecular flexibility index (Phi) is 10.3. The number of aryl methyl sites for hydroxylation is 1. The largest absolute Gasteiger partial charge is 0.395 e. The number of aromatic nitrogens is 3. The first-order valence-electron chi connectivity index (χ1n) is 18.4. The number of piperidine rings is 2. The zero-order valence-electron chi connectivity index (χ0n) is 29.6. The number of carbonyl (C=O) groups is 3. The van der Waals surface area contributed by atoms with E-state index in [1.54, 1.807) is 14.5 Å². The molecule has 0 spiro atoms. The third-order valence-electron chi connectivity index (χ3n) is 10.7. The highest BCUT2D eigenvalue weighted by Gasteiger charge is 2.52. The molecule has 0 aliphatic carbocycles. The zero-order chi connectivity index (χ0) is 36.2. The van der Waals surface area contributed by atoms with Crippen molar-refractivity contribution in [1.82, 2.24) is 15.0 Å². The second kappa shape index (κ2) is 15.2. The van der Waals surface area contributed by atoms with Crippen molar-refractivity contribution < 1.29 is 24.6 Å². The topological polar surface area (TPSA) is 132 Å². The van der Waals surface area contributed by atoms with E-state index >= 15 is 0 Å². The summed E-state index contributed by atoms with van der Waals surface area (Å²) in [6.45, 7) is 3.76. The lowest BCUT2D eigenvalue weighted by molar-refractivity contribution is -0.139. The molecule has 52 heavy (non-hydrogen) atoms. The Balaban J connectivity index is 1.12. The van der Waals surface area contributed by atoms with Crippen LogP contribution in [0.3, 0.4) is 0 Å². The van der Waals surface area contributed by atoms with Gasteiger partial charge in [0.15, 0.2) is 5.60 Å². The van der Waals surface area contributed by atoms with E-state index in [1.807, 2.05) is 103 Å². The monoisotopic (exact) mass is 702 g/mol. The molecule has 270 valence electrons. The highest BCUT2D eigenvalue weighted by atomic mass is 16.3. The average Bonchev–Trinajstić information content (AvgIpc) is 3.72. The number of carbonyl (C=O) groups excluding carboxylic acids is 3. The van der Waals surface area contributed by atoms with Gasteiger partial charge in [-0.15, -0.1) is 5.10 Å². The van der Waals surface area contributed by atoms with Gasteiger partial charge in [0.05, 0.1) is 30.5 Å². The second-order valence-corrected chi connectivity index (χ2v) is 14.1. The lowest BCUT2D eigenvalue weighted by Crippen LogP contribution is -2.44. The Morgan fingerprint density at radius 3 is 2.27 bits per heavy atom. The third kappa shape index (κ3) is 6.90. The molecule has 7 rings (SSSR count). The molecule has 1 unspecified atom stereocenters. The van der Waals surface area contributed by atoms with Crippen molar-refractivity contribution in [2.75, 3.05) is 34.4 Å². The first-order chi connectivity index (χ1) is 25.3. The molecule has 3 aliphatic heterocycles. The summed E-state index contributed by atoms with van der Waals surface area (Å²) in [5.74, 6) is -1.16. The lowest BCUT2D eigenvalue weighted by atomic mass is 9.82. The van der Waals surface area contributed by atoms with Crippen molar-refractivity contribution in [2.24, 2.45) is 5.92 Å². The van der Waals surface area contributed by atoms with Crippen molar-refractivity contribution >= 4 is 34.8 Å². The minimum atomic E-state index is -1.87.